The number of nitrogens with zero attached hydrogens (tertiary/aromatic N) is 2. The second-order valence-corrected chi connectivity index (χ2v) is 10.1. The molecule has 37 heavy (non-hydrogen) atoms. The Morgan fingerprint density at radius 3 is 2.11 bits per heavy atom. The van der Waals surface area contributed by atoms with Gasteiger partial charge in [-0.1, -0.05) is 61.9 Å². The zero-order valence-electron chi connectivity index (χ0n) is 21.6. The number of hydrogen-bond acceptors (Lipinski definition) is 5. The molecule has 0 unspecified atom stereocenters. The summed E-state index contributed by atoms with van der Waals surface area (Å²) < 4.78 is 0. The predicted molar refractivity (Wildman–Crippen MR) is 145 cm³/mol. The van der Waals surface area contributed by atoms with Crippen molar-refractivity contribution in [2.24, 2.45) is 11.7 Å². The first-order valence-corrected chi connectivity index (χ1v) is 13.1. The van der Waals surface area contributed by atoms with Crippen molar-refractivity contribution in [3.05, 3.63) is 72.1 Å². The van der Waals surface area contributed by atoms with E-state index < -0.39 is 24.0 Å². The third-order valence-electron chi connectivity index (χ3n) is 7.53. The topological polar surface area (TPSA) is 118 Å². The van der Waals surface area contributed by atoms with Gasteiger partial charge < -0.3 is 16.2 Å². The van der Waals surface area contributed by atoms with Crippen molar-refractivity contribution in [1.82, 2.24) is 15.3 Å². The van der Waals surface area contributed by atoms with Crippen LogP contribution in [0, 0.1) is 5.92 Å². The Morgan fingerprint density at radius 1 is 0.946 bits per heavy atom. The number of carbonyl (C=O) groups is 2. The largest absolute Gasteiger partial charge is 0.480 e. The lowest BCUT2D eigenvalue weighted by atomic mass is 9.78. The average Bonchev–Trinajstić information content (AvgIpc) is 2.93. The number of carbonyl (C=O) groups excluding carboxylic acids is 1. The Hall–Kier alpha value is -3.58. The number of rotatable bonds is 9. The number of aliphatic carboxylic acids is 1. The maximum atomic E-state index is 12.1. The summed E-state index contributed by atoms with van der Waals surface area (Å²) in [6.07, 6.45) is 10.6. The molecule has 1 aliphatic rings. The molecule has 0 spiro atoms. The van der Waals surface area contributed by atoms with E-state index in [1.807, 2.05) is 36.7 Å². The maximum absolute atomic E-state index is 12.1. The van der Waals surface area contributed by atoms with Gasteiger partial charge in [0, 0.05) is 23.5 Å². The summed E-state index contributed by atoms with van der Waals surface area (Å²) in [5.74, 6) is 0.612. The maximum Gasteiger partial charge on any atom is 0.325 e. The summed E-state index contributed by atoms with van der Waals surface area (Å²) in [6, 6.07) is 14.6. The third kappa shape index (κ3) is 6.80. The molecule has 1 aliphatic carbocycles. The van der Waals surface area contributed by atoms with Crippen molar-refractivity contribution >= 4 is 11.9 Å². The van der Waals surface area contributed by atoms with E-state index in [1.54, 1.807) is 0 Å². The van der Waals surface area contributed by atoms with E-state index in [0.29, 0.717) is 18.2 Å². The third-order valence-corrected chi connectivity index (χ3v) is 7.53. The van der Waals surface area contributed by atoms with Crippen LogP contribution < -0.4 is 11.1 Å². The number of aromatic nitrogens is 2. The van der Waals surface area contributed by atoms with Crippen molar-refractivity contribution in [2.75, 3.05) is 0 Å². The van der Waals surface area contributed by atoms with E-state index in [0.717, 1.165) is 28.2 Å². The highest BCUT2D eigenvalue weighted by molar-refractivity contribution is 5.86. The number of benzene rings is 2. The molecule has 4 N–H and O–H groups in total. The molecule has 4 rings (SSSR count). The Balaban J connectivity index is 1.35. The van der Waals surface area contributed by atoms with Gasteiger partial charge in [0.25, 0.3) is 0 Å². The van der Waals surface area contributed by atoms with Gasteiger partial charge in [0.15, 0.2) is 5.82 Å². The predicted octanol–water partition coefficient (Wildman–Crippen LogP) is 4.95. The van der Waals surface area contributed by atoms with Crippen LogP contribution in [0.3, 0.4) is 0 Å². The van der Waals surface area contributed by atoms with Gasteiger partial charge in [0.2, 0.25) is 5.91 Å². The fourth-order valence-electron chi connectivity index (χ4n) is 5.00. The van der Waals surface area contributed by atoms with Gasteiger partial charge in [-0.05, 0) is 67.6 Å². The number of hydrogen-bond donors (Lipinski definition) is 3. The summed E-state index contributed by atoms with van der Waals surface area (Å²) >= 11 is 0. The van der Waals surface area contributed by atoms with Crippen LogP contribution in [-0.4, -0.2) is 39.0 Å². The Labute approximate surface area is 218 Å². The van der Waals surface area contributed by atoms with Crippen LogP contribution in [-0.2, 0) is 16.0 Å². The minimum Gasteiger partial charge on any atom is -0.480 e. The molecule has 1 saturated carbocycles. The second-order valence-electron chi connectivity index (χ2n) is 10.1. The summed E-state index contributed by atoms with van der Waals surface area (Å²) in [5.41, 5.74) is 11.2. The second kappa shape index (κ2) is 12.1. The highest BCUT2D eigenvalue weighted by Crippen LogP contribution is 2.37. The molecule has 7 nitrogen and oxygen atoms in total. The van der Waals surface area contributed by atoms with E-state index in [2.05, 4.69) is 46.5 Å². The molecule has 1 amide bonds. The molecular weight excluding hydrogens is 464 g/mol. The van der Waals surface area contributed by atoms with Gasteiger partial charge in [0.05, 0.1) is 6.04 Å². The molecule has 194 valence electrons. The van der Waals surface area contributed by atoms with Gasteiger partial charge in [-0.25, -0.2) is 9.97 Å². The summed E-state index contributed by atoms with van der Waals surface area (Å²) in [6.45, 7) is 3.70. The summed E-state index contributed by atoms with van der Waals surface area (Å²) in [5, 5.41) is 11.3. The zero-order chi connectivity index (χ0) is 26.4. The SMILES string of the molecule is CC[C@H]1CC[C@H](c2ccc(-c3cnc(-c4ccc(C[C@H](N)C(=O)N[C@H](C)C(=O)O)cc4)nc3)cc2)CC1. The number of carboxylic acid groups (broad SMARTS) is 1. The number of carboxylic acids is 1. The van der Waals surface area contributed by atoms with Crippen molar-refractivity contribution in [2.45, 2.75) is 70.4 Å². The number of amides is 1. The van der Waals surface area contributed by atoms with Crippen LogP contribution >= 0.6 is 0 Å². The Kier molecular flexibility index (Phi) is 8.66. The van der Waals surface area contributed by atoms with Crippen molar-refractivity contribution < 1.29 is 14.7 Å². The van der Waals surface area contributed by atoms with Crippen molar-refractivity contribution in [3.8, 4) is 22.5 Å². The van der Waals surface area contributed by atoms with Crippen molar-refractivity contribution in [1.29, 1.82) is 0 Å². The normalized spacial score (nSPS) is 19.1. The Bertz CT molecular complexity index is 1190. The average molecular weight is 501 g/mol. The Morgan fingerprint density at radius 2 is 1.54 bits per heavy atom. The van der Waals surface area contributed by atoms with Crippen LogP contribution in [0.4, 0.5) is 0 Å². The van der Waals surface area contributed by atoms with Crippen LogP contribution in [0.1, 0.15) is 63.0 Å². The summed E-state index contributed by atoms with van der Waals surface area (Å²) in [4.78, 5) is 32.2. The van der Waals surface area contributed by atoms with Gasteiger partial charge in [0.1, 0.15) is 6.04 Å². The molecule has 7 heteroatoms. The van der Waals surface area contributed by atoms with Gasteiger partial charge in [-0.3, -0.25) is 9.59 Å². The van der Waals surface area contributed by atoms with Crippen LogP contribution in [0.25, 0.3) is 22.5 Å². The molecule has 0 saturated heterocycles. The fourth-order valence-corrected chi connectivity index (χ4v) is 5.00. The van der Waals surface area contributed by atoms with Gasteiger partial charge in [-0.2, -0.15) is 0 Å². The number of nitrogens with one attached hydrogen (secondary N) is 1. The molecule has 2 aromatic carbocycles. The fraction of sp³-hybridized carbons (Fsp3) is 0.400. The minimum atomic E-state index is -1.10. The molecule has 0 aliphatic heterocycles. The van der Waals surface area contributed by atoms with E-state index >= 15 is 0 Å². The highest BCUT2D eigenvalue weighted by atomic mass is 16.4. The molecule has 1 heterocycles. The quantitative estimate of drug-likeness (QED) is 0.382. The lowest BCUT2D eigenvalue weighted by Gasteiger charge is -2.28. The molecule has 3 aromatic rings. The monoisotopic (exact) mass is 500 g/mol. The van der Waals surface area contributed by atoms with Crippen molar-refractivity contribution in [3.63, 3.8) is 0 Å². The van der Waals surface area contributed by atoms with Gasteiger partial charge in [-0.15, -0.1) is 0 Å². The standard InChI is InChI=1S/C30H36N4O3/c1-3-20-4-8-22(9-5-20)23-12-14-24(15-13-23)26-17-32-28(33-18-26)25-10-6-21(7-11-25)16-27(31)29(35)34-19(2)30(36)37/h6-7,10-15,17-20,22,27H,3-5,8-9,16,31H2,1-2H3,(H,34,35)(H,36,37)/t19-,20-,22-,27+/m1/s1. The first-order chi connectivity index (χ1) is 17.8. The summed E-state index contributed by atoms with van der Waals surface area (Å²) in [7, 11) is 0. The lowest BCUT2D eigenvalue weighted by Crippen LogP contribution is -2.48. The molecular formula is C30H36N4O3. The lowest BCUT2D eigenvalue weighted by molar-refractivity contribution is -0.141. The smallest absolute Gasteiger partial charge is 0.325 e. The van der Waals surface area contributed by atoms with Crippen LogP contribution in [0.5, 0.6) is 0 Å². The molecule has 2 atom stereocenters. The zero-order valence-corrected chi connectivity index (χ0v) is 21.6. The van der Waals surface area contributed by atoms with Crippen LogP contribution in [0.2, 0.25) is 0 Å². The molecule has 0 bridgehead atoms. The molecule has 0 radical (unpaired) electrons. The van der Waals surface area contributed by atoms with E-state index in [9.17, 15) is 9.59 Å². The number of nitrogens with two attached hydrogens (primary N) is 1. The van der Waals surface area contributed by atoms with Crippen LogP contribution in [0.15, 0.2) is 60.9 Å². The first kappa shape index (κ1) is 26.5. The molecule has 1 fully saturated rings. The highest BCUT2D eigenvalue weighted by Gasteiger charge is 2.21. The minimum absolute atomic E-state index is 0.300. The first-order valence-electron chi connectivity index (χ1n) is 13.1. The van der Waals surface area contributed by atoms with E-state index in [1.165, 1.54) is 44.6 Å². The van der Waals surface area contributed by atoms with E-state index in [4.69, 9.17) is 10.8 Å². The van der Waals surface area contributed by atoms with Gasteiger partial charge >= 0.3 is 5.97 Å². The van der Waals surface area contributed by atoms with E-state index in [-0.39, 0.29) is 0 Å². The molecule has 1 aromatic heterocycles.